The van der Waals surface area contributed by atoms with Gasteiger partial charge < -0.3 is 16.8 Å². The van der Waals surface area contributed by atoms with Crippen LogP contribution in [0.25, 0.3) is 10.9 Å². The topological polar surface area (TPSA) is 148 Å². The predicted octanol–water partition coefficient (Wildman–Crippen LogP) is 3.24. The van der Waals surface area contributed by atoms with Crippen LogP contribution in [0.4, 0.5) is 11.8 Å². The zero-order valence-electron chi connectivity index (χ0n) is 19.6. The fourth-order valence-corrected chi connectivity index (χ4v) is 5.10. The summed E-state index contributed by atoms with van der Waals surface area (Å²) < 4.78 is 0. The SMILES string of the molecule is Cc1ccc2nc(NC(=O)C3CC(=O)c4ccccc43)nc(NC3CCCCC3N=C(N)N)c2c1. The minimum absolute atomic E-state index is 0.00680. The normalized spacial score (nSPS) is 21.4. The molecule has 2 aliphatic rings. The molecule has 0 aliphatic heterocycles. The average molecular weight is 472 g/mol. The molecule has 0 radical (unpaired) electrons. The molecule has 3 atom stereocenters. The number of aryl methyl sites for hydroxylation is 1. The standard InChI is InChI=1S/C26H29N7O2/c1-14-10-11-19-18(12-14)23(29-20-8-4-5-9-21(20)30-25(27)28)32-26(31-19)33-24(35)17-13-22(34)16-7-3-2-6-15(16)17/h2-3,6-7,10-12,17,20-21H,4-5,8-9,13H2,1H3,(H4,27,28,30)(H2,29,31,32,33,35). The van der Waals surface area contributed by atoms with Gasteiger partial charge >= 0.3 is 0 Å². The number of aliphatic imine (C=N–C) groups is 1. The lowest BCUT2D eigenvalue weighted by molar-refractivity contribution is -0.117. The molecule has 5 rings (SSSR count). The van der Waals surface area contributed by atoms with Crippen LogP contribution in [0.5, 0.6) is 0 Å². The molecule has 0 saturated heterocycles. The molecule has 2 aliphatic carbocycles. The zero-order chi connectivity index (χ0) is 24.5. The number of guanidine groups is 1. The van der Waals surface area contributed by atoms with Gasteiger partial charge in [0.05, 0.1) is 23.5 Å². The number of amides is 1. The van der Waals surface area contributed by atoms with Crippen molar-refractivity contribution in [3.63, 3.8) is 0 Å². The molecule has 1 heterocycles. The summed E-state index contributed by atoms with van der Waals surface area (Å²) in [6.45, 7) is 2.01. The fourth-order valence-electron chi connectivity index (χ4n) is 5.10. The van der Waals surface area contributed by atoms with Crippen molar-refractivity contribution in [1.29, 1.82) is 0 Å². The highest BCUT2D eigenvalue weighted by atomic mass is 16.2. The Hall–Kier alpha value is -4.01. The molecule has 180 valence electrons. The molecule has 2 aromatic carbocycles. The predicted molar refractivity (Wildman–Crippen MR) is 137 cm³/mol. The third-order valence-corrected chi connectivity index (χ3v) is 6.80. The van der Waals surface area contributed by atoms with E-state index in [0.717, 1.165) is 42.2 Å². The van der Waals surface area contributed by atoms with Crippen LogP contribution < -0.4 is 22.1 Å². The third-order valence-electron chi connectivity index (χ3n) is 6.80. The highest BCUT2D eigenvalue weighted by Gasteiger charge is 2.34. The van der Waals surface area contributed by atoms with Crippen LogP contribution in [0.3, 0.4) is 0 Å². The van der Waals surface area contributed by atoms with Crippen molar-refractivity contribution < 1.29 is 9.59 Å². The van der Waals surface area contributed by atoms with Gasteiger partial charge in [-0.25, -0.2) is 9.98 Å². The molecule has 1 saturated carbocycles. The molecule has 1 aromatic heterocycles. The quantitative estimate of drug-likeness (QED) is 0.330. The van der Waals surface area contributed by atoms with Gasteiger partial charge in [-0.05, 0) is 37.5 Å². The van der Waals surface area contributed by atoms with Crippen LogP contribution >= 0.6 is 0 Å². The van der Waals surface area contributed by atoms with Crippen molar-refractivity contribution in [2.75, 3.05) is 10.6 Å². The van der Waals surface area contributed by atoms with Crippen molar-refractivity contribution in [2.45, 2.75) is 57.0 Å². The van der Waals surface area contributed by atoms with Crippen LogP contribution in [-0.2, 0) is 4.79 Å². The van der Waals surface area contributed by atoms with Crippen LogP contribution in [0.15, 0.2) is 47.5 Å². The van der Waals surface area contributed by atoms with E-state index in [4.69, 9.17) is 11.5 Å². The van der Waals surface area contributed by atoms with Crippen molar-refractivity contribution in [1.82, 2.24) is 9.97 Å². The Bertz CT molecular complexity index is 1330. The van der Waals surface area contributed by atoms with Gasteiger partial charge in [-0.15, -0.1) is 0 Å². The zero-order valence-corrected chi connectivity index (χ0v) is 19.6. The Morgan fingerprint density at radius 1 is 1.09 bits per heavy atom. The first-order chi connectivity index (χ1) is 16.9. The lowest BCUT2D eigenvalue weighted by Crippen LogP contribution is -2.38. The number of aromatic nitrogens is 2. The van der Waals surface area contributed by atoms with Crippen molar-refractivity contribution >= 4 is 40.3 Å². The van der Waals surface area contributed by atoms with E-state index < -0.39 is 5.92 Å². The van der Waals surface area contributed by atoms with Crippen molar-refractivity contribution in [3.8, 4) is 0 Å². The van der Waals surface area contributed by atoms with Gasteiger partial charge in [-0.2, -0.15) is 4.98 Å². The Morgan fingerprint density at radius 2 is 1.89 bits per heavy atom. The number of nitrogens with zero attached hydrogens (tertiary/aromatic N) is 3. The van der Waals surface area contributed by atoms with Crippen molar-refractivity contribution in [3.05, 3.63) is 59.2 Å². The fraction of sp³-hybridized carbons (Fsp3) is 0.346. The maximum atomic E-state index is 13.2. The maximum absolute atomic E-state index is 13.2. The Morgan fingerprint density at radius 3 is 2.71 bits per heavy atom. The van der Waals surface area contributed by atoms with Gasteiger partial charge in [0, 0.05) is 17.4 Å². The molecule has 0 bridgehead atoms. The van der Waals surface area contributed by atoms with E-state index in [1.807, 2.05) is 43.3 Å². The summed E-state index contributed by atoms with van der Waals surface area (Å²) in [6.07, 6.45) is 4.06. The van der Waals surface area contributed by atoms with Gasteiger partial charge in [0.1, 0.15) is 5.82 Å². The Balaban J connectivity index is 1.46. The molecule has 9 nitrogen and oxygen atoms in total. The van der Waals surface area contributed by atoms with Gasteiger partial charge in [-0.3, -0.25) is 14.9 Å². The van der Waals surface area contributed by atoms with E-state index in [-0.39, 0.29) is 42.1 Å². The number of nitrogens with one attached hydrogen (secondary N) is 2. The second-order valence-corrected chi connectivity index (χ2v) is 9.33. The first-order valence-electron chi connectivity index (χ1n) is 12.0. The van der Waals surface area contributed by atoms with Crippen LogP contribution in [0.1, 0.15) is 59.5 Å². The molecule has 3 aromatic rings. The summed E-state index contributed by atoms with van der Waals surface area (Å²) in [5.74, 6) is 0.0146. The summed E-state index contributed by atoms with van der Waals surface area (Å²) in [6, 6.07) is 13.1. The maximum Gasteiger partial charge on any atom is 0.234 e. The molecular formula is C26H29N7O2. The molecule has 1 amide bonds. The summed E-state index contributed by atoms with van der Waals surface area (Å²) in [7, 11) is 0. The summed E-state index contributed by atoms with van der Waals surface area (Å²) in [5, 5.41) is 7.25. The molecule has 35 heavy (non-hydrogen) atoms. The largest absolute Gasteiger partial charge is 0.370 e. The minimum atomic E-state index is -0.558. The Kier molecular flexibility index (Phi) is 6.07. The van der Waals surface area contributed by atoms with Gasteiger partial charge in [0.2, 0.25) is 11.9 Å². The van der Waals surface area contributed by atoms with E-state index >= 15 is 0 Å². The lowest BCUT2D eigenvalue weighted by atomic mass is 9.90. The van der Waals surface area contributed by atoms with E-state index in [0.29, 0.717) is 16.9 Å². The molecular weight excluding hydrogens is 442 g/mol. The highest BCUT2D eigenvalue weighted by molar-refractivity contribution is 6.09. The Labute approximate surface area is 203 Å². The molecule has 6 N–H and O–H groups in total. The van der Waals surface area contributed by atoms with Crippen LogP contribution in [0, 0.1) is 6.92 Å². The number of hydrogen-bond acceptors (Lipinski definition) is 6. The third kappa shape index (κ3) is 4.66. The first-order valence-corrected chi connectivity index (χ1v) is 12.0. The molecule has 1 fully saturated rings. The van der Waals surface area contributed by atoms with Gasteiger partial charge in [0.25, 0.3) is 0 Å². The van der Waals surface area contributed by atoms with Crippen molar-refractivity contribution in [2.24, 2.45) is 16.5 Å². The second-order valence-electron chi connectivity index (χ2n) is 9.33. The number of carbonyl (C=O) groups excluding carboxylic acids is 2. The lowest BCUT2D eigenvalue weighted by Gasteiger charge is -2.30. The highest BCUT2D eigenvalue weighted by Crippen LogP contribution is 2.34. The number of Topliss-reactive ketones (excluding diaryl/α,β-unsaturated/α-hetero) is 1. The summed E-state index contributed by atoms with van der Waals surface area (Å²) >= 11 is 0. The van der Waals surface area contributed by atoms with Crippen LogP contribution in [-0.4, -0.2) is 39.7 Å². The smallest absolute Gasteiger partial charge is 0.234 e. The van der Waals surface area contributed by atoms with Crippen LogP contribution in [0.2, 0.25) is 0 Å². The number of hydrogen-bond donors (Lipinski definition) is 4. The van der Waals surface area contributed by atoms with E-state index in [2.05, 4.69) is 25.6 Å². The second kappa shape index (κ2) is 9.32. The number of benzene rings is 2. The first kappa shape index (κ1) is 22.8. The molecule has 9 heteroatoms. The summed E-state index contributed by atoms with van der Waals surface area (Å²) in [5.41, 5.74) is 14.5. The minimum Gasteiger partial charge on any atom is -0.370 e. The average Bonchev–Trinajstić information content (AvgIpc) is 3.17. The number of nitrogens with two attached hydrogens (primary N) is 2. The van der Waals surface area contributed by atoms with Gasteiger partial charge in [0.15, 0.2) is 11.7 Å². The molecule has 3 unspecified atom stereocenters. The number of ketones is 1. The van der Waals surface area contributed by atoms with E-state index in [9.17, 15) is 9.59 Å². The monoisotopic (exact) mass is 471 g/mol. The van der Waals surface area contributed by atoms with Gasteiger partial charge in [-0.1, -0.05) is 48.7 Å². The number of carbonyl (C=O) groups is 2. The molecule has 0 spiro atoms. The number of anilines is 2. The summed E-state index contributed by atoms with van der Waals surface area (Å²) in [4.78, 5) is 39.3. The number of fused-ring (bicyclic) bond motifs is 2. The van der Waals surface area contributed by atoms with E-state index in [1.54, 1.807) is 6.07 Å². The van der Waals surface area contributed by atoms with E-state index in [1.165, 1.54) is 0 Å². The number of rotatable bonds is 5.